The van der Waals surface area contributed by atoms with E-state index in [2.05, 4.69) is 10.3 Å². The van der Waals surface area contributed by atoms with Crippen LogP contribution in [0.25, 0.3) is 6.08 Å². The van der Waals surface area contributed by atoms with Crippen LogP contribution in [-0.4, -0.2) is 22.0 Å². The van der Waals surface area contributed by atoms with E-state index < -0.39 is 5.97 Å². The van der Waals surface area contributed by atoms with Crippen LogP contribution in [0.1, 0.15) is 27.4 Å². The molecule has 2 aromatic rings. The van der Waals surface area contributed by atoms with Crippen LogP contribution < -0.4 is 5.32 Å². The van der Waals surface area contributed by atoms with Gasteiger partial charge in [-0.1, -0.05) is 0 Å². The molecular weight excluding hydrogens is 272 g/mol. The van der Waals surface area contributed by atoms with Gasteiger partial charge in [-0.15, -0.1) is 0 Å². The molecule has 0 saturated heterocycles. The number of furan rings is 1. The lowest BCUT2D eigenvalue weighted by Crippen LogP contribution is -2.23. The van der Waals surface area contributed by atoms with Gasteiger partial charge in [0.25, 0.3) is 5.91 Å². The molecule has 6 nitrogen and oxygen atoms in total. The van der Waals surface area contributed by atoms with Crippen molar-refractivity contribution >= 4 is 18.0 Å². The van der Waals surface area contributed by atoms with Gasteiger partial charge in [0.2, 0.25) is 0 Å². The van der Waals surface area contributed by atoms with E-state index in [4.69, 9.17) is 9.52 Å². The maximum Gasteiger partial charge on any atom is 0.328 e. The Morgan fingerprint density at radius 2 is 2.19 bits per heavy atom. The van der Waals surface area contributed by atoms with Crippen molar-refractivity contribution < 1.29 is 19.1 Å². The summed E-state index contributed by atoms with van der Waals surface area (Å²) >= 11 is 0. The summed E-state index contributed by atoms with van der Waals surface area (Å²) in [6, 6.07) is 5.13. The maximum absolute atomic E-state index is 12.1. The second-order valence-electron chi connectivity index (χ2n) is 4.33. The molecule has 0 fully saturated rings. The zero-order chi connectivity index (χ0) is 15.2. The highest BCUT2D eigenvalue weighted by Gasteiger charge is 2.10. The molecule has 0 bridgehead atoms. The van der Waals surface area contributed by atoms with Crippen molar-refractivity contribution in [3.8, 4) is 0 Å². The Morgan fingerprint density at radius 3 is 2.86 bits per heavy atom. The summed E-state index contributed by atoms with van der Waals surface area (Å²) in [4.78, 5) is 26.6. The average molecular weight is 286 g/mol. The van der Waals surface area contributed by atoms with Gasteiger partial charge in [0.15, 0.2) is 0 Å². The van der Waals surface area contributed by atoms with Crippen molar-refractivity contribution in [3.63, 3.8) is 0 Å². The predicted octanol–water partition coefficient (Wildman–Crippen LogP) is 2.01. The first-order valence-electron chi connectivity index (χ1n) is 6.25. The van der Waals surface area contributed by atoms with E-state index in [-0.39, 0.29) is 12.5 Å². The average Bonchev–Trinajstić information content (AvgIpc) is 2.88. The summed E-state index contributed by atoms with van der Waals surface area (Å²) in [5, 5.41) is 11.4. The quantitative estimate of drug-likeness (QED) is 0.820. The molecule has 0 unspecified atom stereocenters. The summed E-state index contributed by atoms with van der Waals surface area (Å²) in [6.45, 7) is 2.08. The normalized spacial score (nSPS) is 10.7. The van der Waals surface area contributed by atoms with E-state index in [0.29, 0.717) is 16.9 Å². The first-order chi connectivity index (χ1) is 10.1. The second-order valence-corrected chi connectivity index (χ2v) is 4.33. The van der Waals surface area contributed by atoms with Crippen LogP contribution in [0.3, 0.4) is 0 Å². The lowest BCUT2D eigenvalue weighted by atomic mass is 10.1. The first-order valence-corrected chi connectivity index (χ1v) is 6.25. The SMILES string of the molecule is Cc1ccc(CNC(=O)c2ccncc2C=CC(=O)O)o1. The molecule has 0 aromatic carbocycles. The van der Waals surface area contributed by atoms with Crippen LogP contribution >= 0.6 is 0 Å². The second kappa shape index (κ2) is 6.51. The van der Waals surface area contributed by atoms with Crippen LogP contribution in [-0.2, 0) is 11.3 Å². The van der Waals surface area contributed by atoms with Gasteiger partial charge in [-0.25, -0.2) is 4.79 Å². The van der Waals surface area contributed by atoms with Crippen LogP contribution in [0.4, 0.5) is 0 Å². The minimum absolute atomic E-state index is 0.261. The topological polar surface area (TPSA) is 92.4 Å². The van der Waals surface area contributed by atoms with Crippen molar-refractivity contribution in [2.45, 2.75) is 13.5 Å². The van der Waals surface area contributed by atoms with E-state index in [1.165, 1.54) is 24.5 Å². The van der Waals surface area contributed by atoms with E-state index >= 15 is 0 Å². The summed E-state index contributed by atoms with van der Waals surface area (Å²) in [7, 11) is 0. The molecule has 0 saturated carbocycles. The molecule has 0 atom stereocenters. The Kier molecular flexibility index (Phi) is 4.50. The number of aromatic nitrogens is 1. The number of aliphatic carboxylic acids is 1. The molecule has 21 heavy (non-hydrogen) atoms. The molecule has 2 N–H and O–H groups in total. The zero-order valence-corrected chi connectivity index (χ0v) is 11.4. The van der Waals surface area contributed by atoms with Crippen molar-refractivity contribution in [1.82, 2.24) is 10.3 Å². The Morgan fingerprint density at radius 1 is 1.38 bits per heavy atom. The predicted molar refractivity (Wildman–Crippen MR) is 75.5 cm³/mol. The van der Waals surface area contributed by atoms with E-state index in [1.807, 2.05) is 13.0 Å². The molecule has 0 spiro atoms. The zero-order valence-electron chi connectivity index (χ0n) is 11.4. The minimum Gasteiger partial charge on any atom is -0.478 e. The van der Waals surface area contributed by atoms with Crippen LogP contribution in [0, 0.1) is 6.92 Å². The fraction of sp³-hybridized carbons (Fsp3) is 0.133. The lowest BCUT2D eigenvalue weighted by molar-refractivity contribution is -0.131. The molecule has 0 radical (unpaired) electrons. The number of nitrogens with one attached hydrogen (secondary N) is 1. The lowest BCUT2D eigenvalue weighted by Gasteiger charge is -2.06. The fourth-order valence-electron chi connectivity index (χ4n) is 1.75. The number of nitrogens with zero attached hydrogens (tertiary/aromatic N) is 1. The molecule has 6 heteroatoms. The summed E-state index contributed by atoms with van der Waals surface area (Å²) in [5.41, 5.74) is 0.791. The Bertz CT molecular complexity index is 688. The largest absolute Gasteiger partial charge is 0.478 e. The number of hydrogen-bond donors (Lipinski definition) is 2. The molecule has 108 valence electrons. The van der Waals surface area contributed by atoms with Crippen LogP contribution in [0.5, 0.6) is 0 Å². The van der Waals surface area contributed by atoms with Crippen molar-refractivity contribution in [3.05, 3.63) is 59.3 Å². The van der Waals surface area contributed by atoms with Gasteiger partial charge in [0, 0.05) is 29.6 Å². The molecular formula is C15H14N2O4. The third-order valence-electron chi connectivity index (χ3n) is 2.72. The number of carboxylic acids is 1. The molecule has 0 aliphatic carbocycles. The molecule has 1 amide bonds. The number of carboxylic acid groups (broad SMARTS) is 1. The van der Waals surface area contributed by atoms with E-state index in [1.54, 1.807) is 6.07 Å². The third kappa shape index (κ3) is 4.04. The van der Waals surface area contributed by atoms with Gasteiger partial charge >= 0.3 is 5.97 Å². The molecule has 2 aromatic heterocycles. The van der Waals surface area contributed by atoms with Crippen molar-refractivity contribution in [2.75, 3.05) is 0 Å². The monoisotopic (exact) mass is 286 g/mol. The summed E-state index contributed by atoms with van der Waals surface area (Å²) in [5.74, 6) is 0.0125. The molecule has 2 heterocycles. The smallest absolute Gasteiger partial charge is 0.328 e. The minimum atomic E-state index is -1.09. The number of hydrogen-bond acceptors (Lipinski definition) is 4. The molecule has 0 aliphatic heterocycles. The highest BCUT2D eigenvalue weighted by molar-refractivity contribution is 5.98. The Hall–Kier alpha value is -2.89. The van der Waals surface area contributed by atoms with Gasteiger partial charge in [0.05, 0.1) is 6.54 Å². The Labute approximate surface area is 121 Å². The van der Waals surface area contributed by atoms with Gasteiger partial charge in [0.1, 0.15) is 11.5 Å². The number of pyridine rings is 1. The van der Waals surface area contributed by atoms with Gasteiger partial charge in [-0.05, 0) is 31.2 Å². The third-order valence-corrected chi connectivity index (χ3v) is 2.72. The number of rotatable bonds is 5. The molecule has 0 aliphatic rings. The van der Waals surface area contributed by atoms with E-state index in [0.717, 1.165) is 11.8 Å². The first kappa shape index (κ1) is 14.5. The molecule has 2 rings (SSSR count). The number of amides is 1. The van der Waals surface area contributed by atoms with Crippen molar-refractivity contribution in [1.29, 1.82) is 0 Å². The summed E-state index contributed by atoms with van der Waals surface area (Å²) < 4.78 is 5.36. The number of aryl methyl sites for hydroxylation is 1. The standard InChI is InChI=1S/C15H14N2O4/c1-10-2-4-12(21-10)9-17-15(20)13-6-7-16-8-11(13)3-5-14(18)19/h2-8H,9H2,1H3,(H,17,20)(H,18,19). The highest BCUT2D eigenvalue weighted by atomic mass is 16.4. The van der Waals surface area contributed by atoms with Gasteiger partial charge in [-0.3, -0.25) is 9.78 Å². The van der Waals surface area contributed by atoms with Gasteiger partial charge < -0.3 is 14.8 Å². The van der Waals surface area contributed by atoms with Gasteiger partial charge in [-0.2, -0.15) is 0 Å². The number of carbonyl (C=O) groups is 2. The summed E-state index contributed by atoms with van der Waals surface area (Å²) in [6.07, 6.45) is 5.21. The van der Waals surface area contributed by atoms with Crippen LogP contribution in [0.15, 0.2) is 41.1 Å². The van der Waals surface area contributed by atoms with E-state index in [9.17, 15) is 9.59 Å². The van der Waals surface area contributed by atoms with Crippen LogP contribution in [0.2, 0.25) is 0 Å². The Balaban J connectivity index is 2.10. The fourth-order valence-corrected chi connectivity index (χ4v) is 1.75. The number of carbonyl (C=O) groups excluding carboxylic acids is 1. The highest BCUT2D eigenvalue weighted by Crippen LogP contribution is 2.10. The maximum atomic E-state index is 12.1. The van der Waals surface area contributed by atoms with Crippen molar-refractivity contribution in [2.24, 2.45) is 0 Å².